The van der Waals surface area contributed by atoms with Gasteiger partial charge in [-0.3, -0.25) is 9.59 Å². The van der Waals surface area contributed by atoms with E-state index in [0.29, 0.717) is 17.7 Å². The molecule has 1 aliphatic rings. The Morgan fingerprint density at radius 2 is 1.85 bits per heavy atom. The zero-order valence-corrected chi connectivity index (χ0v) is 14.8. The molecule has 0 aliphatic carbocycles. The summed E-state index contributed by atoms with van der Waals surface area (Å²) >= 11 is 0. The van der Waals surface area contributed by atoms with Crippen LogP contribution in [0.5, 0.6) is 0 Å². The Morgan fingerprint density at radius 3 is 2.48 bits per heavy atom. The molecule has 3 aromatic rings. The Bertz CT molecular complexity index is 931. The predicted molar refractivity (Wildman–Crippen MR) is 104 cm³/mol. The van der Waals surface area contributed by atoms with Crippen LogP contribution >= 0.6 is 0 Å². The van der Waals surface area contributed by atoms with Crippen molar-refractivity contribution in [1.29, 1.82) is 0 Å². The molecule has 6 heteroatoms. The van der Waals surface area contributed by atoms with Gasteiger partial charge in [0, 0.05) is 48.8 Å². The summed E-state index contributed by atoms with van der Waals surface area (Å²) in [5.41, 5.74) is 3.28. The molecule has 2 aromatic carbocycles. The van der Waals surface area contributed by atoms with Crippen LogP contribution in [-0.4, -0.2) is 27.9 Å². The maximum Gasteiger partial charge on any atom is 0.255 e. The van der Waals surface area contributed by atoms with E-state index in [4.69, 9.17) is 0 Å². The van der Waals surface area contributed by atoms with Gasteiger partial charge in [0.05, 0.1) is 6.33 Å². The van der Waals surface area contributed by atoms with Crippen LogP contribution in [0.25, 0.3) is 0 Å². The highest BCUT2D eigenvalue weighted by molar-refractivity contribution is 6.04. The summed E-state index contributed by atoms with van der Waals surface area (Å²) in [6, 6.07) is 14.9. The lowest BCUT2D eigenvalue weighted by atomic mass is 10.1. The van der Waals surface area contributed by atoms with E-state index in [0.717, 1.165) is 30.8 Å². The first-order valence-electron chi connectivity index (χ1n) is 8.95. The second kappa shape index (κ2) is 7.45. The second-order valence-electron chi connectivity index (χ2n) is 6.58. The first-order valence-corrected chi connectivity index (χ1v) is 8.95. The summed E-state index contributed by atoms with van der Waals surface area (Å²) in [6.07, 6.45) is 6.91. The fourth-order valence-electron chi connectivity index (χ4n) is 3.20. The van der Waals surface area contributed by atoms with Crippen LogP contribution < -0.4 is 10.2 Å². The van der Waals surface area contributed by atoms with Gasteiger partial charge in [-0.05, 0) is 48.4 Å². The number of hydrogen-bond donors (Lipinski definition) is 1. The van der Waals surface area contributed by atoms with Gasteiger partial charge >= 0.3 is 0 Å². The lowest BCUT2D eigenvalue weighted by molar-refractivity contribution is -0.117. The number of carbonyl (C=O) groups excluding carboxylic acids is 2. The van der Waals surface area contributed by atoms with Gasteiger partial charge in [0.1, 0.15) is 0 Å². The molecule has 0 spiro atoms. The van der Waals surface area contributed by atoms with Crippen molar-refractivity contribution in [2.24, 2.45) is 0 Å². The smallest absolute Gasteiger partial charge is 0.255 e. The van der Waals surface area contributed by atoms with Crippen LogP contribution in [0.4, 0.5) is 11.4 Å². The van der Waals surface area contributed by atoms with E-state index < -0.39 is 0 Å². The second-order valence-corrected chi connectivity index (χ2v) is 6.58. The van der Waals surface area contributed by atoms with Crippen LogP contribution in [0.15, 0.2) is 67.3 Å². The van der Waals surface area contributed by atoms with Crippen LogP contribution in [0.1, 0.15) is 28.8 Å². The summed E-state index contributed by atoms with van der Waals surface area (Å²) in [5.74, 6) is -0.00301. The lowest BCUT2D eigenvalue weighted by Crippen LogP contribution is -2.23. The maximum atomic E-state index is 12.4. The van der Waals surface area contributed by atoms with Crippen molar-refractivity contribution >= 4 is 23.2 Å². The molecule has 1 saturated heterocycles. The van der Waals surface area contributed by atoms with E-state index in [1.807, 2.05) is 59.3 Å². The van der Waals surface area contributed by atoms with Crippen molar-refractivity contribution in [2.45, 2.75) is 19.4 Å². The summed E-state index contributed by atoms with van der Waals surface area (Å²) < 4.78 is 1.97. The molecule has 0 radical (unpaired) electrons. The van der Waals surface area contributed by atoms with Crippen molar-refractivity contribution in [2.75, 3.05) is 16.8 Å². The number of nitrogens with zero attached hydrogens (tertiary/aromatic N) is 3. The largest absolute Gasteiger partial charge is 0.333 e. The van der Waals surface area contributed by atoms with Crippen LogP contribution in [-0.2, 0) is 11.3 Å². The van der Waals surface area contributed by atoms with Crippen molar-refractivity contribution in [3.05, 3.63) is 78.4 Å². The molecule has 0 unspecified atom stereocenters. The number of carbonyl (C=O) groups is 2. The molecular weight excluding hydrogens is 340 g/mol. The van der Waals surface area contributed by atoms with Gasteiger partial charge < -0.3 is 14.8 Å². The van der Waals surface area contributed by atoms with E-state index in [1.165, 1.54) is 0 Å². The molecule has 2 heterocycles. The maximum absolute atomic E-state index is 12.4. The average Bonchev–Trinajstić information content (AvgIpc) is 3.35. The zero-order valence-electron chi connectivity index (χ0n) is 14.8. The number of nitrogens with one attached hydrogen (secondary N) is 1. The van der Waals surface area contributed by atoms with E-state index in [2.05, 4.69) is 10.3 Å². The minimum Gasteiger partial charge on any atom is -0.333 e. The molecule has 1 aromatic heterocycles. The van der Waals surface area contributed by atoms with Crippen LogP contribution in [0.3, 0.4) is 0 Å². The van der Waals surface area contributed by atoms with Crippen molar-refractivity contribution in [3.8, 4) is 0 Å². The molecule has 0 saturated carbocycles. The zero-order chi connectivity index (χ0) is 18.6. The standard InChI is InChI=1S/C21H20N4O2/c26-20-2-1-12-25(20)19-9-7-18(8-10-19)23-21(27)17-5-3-16(4-6-17)14-24-13-11-22-15-24/h3-11,13,15H,1-2,12,14H2,(H,23,27). The van der Waals surface area contributed by atoms with Crippen molar-refractivity contribution in [3.63, 3.8) is 0 Å². The summed E-state index contributed by atoms with van der Waals surface area (Å²) in [4.78, 5) is 30.1. The fraction of sp³-hybridized carbons (Fsp3) is 0.190. The molecule has 2 amide bonds. The highest BCUT2D eigenvalue weighted by Crippen LogP contribution is 2.23. The van der Waals surface area contributed by atoms with Gasteiger partial charge in [-0.2, -0.15) is 0 Å². The van der Waals surface area contributed by atoms with Crippen molar-refractivity contribution in [1.82, 2.24) is 9.55 Å². The Hall–Kier alpha value is -3.41. The lowest BCUT2D eigenvalue weighted by Gasteiger charge is -2.16. The molecule has 1 fully saturated rings. The van der Waals surface area contributed by atoms with Crippen LogP contribution in [0, 0.1) is 0 Å². The molecule has 4 rings (SSSR count). The predicted octanol–water partition coefficient (Wildman–Crippen LogP) is 3.31. The topological polar surface area (TPSA) is 67.2 Å². The van der Waals surface area contributed by atoms with E-state index in [1.54, 1.807) is 17.4 Å². The number of aromatic nitrogens is 2. The quantitative estimate of drug-likeness (QED) is 0.759. The van der Waals surface area contributed by atoms with E-state index in [9.17, 15) is 9.59 Å². The summed E-state index contributed by atoms with van der Waals surface area (Å²) in [7, 11) is 0. The molecule has 1 N–H and O–H groups in total. The average molecular weight is 360 g/mol. The monoisotopic (exact) mass is 360 g/mol. The molecular formula is C21H20N4O2. The number of benzene rings is 2. The summed E-state index contributed by atoms with van der Waals surface area (Å²) in [5, 5.41) is 2.89. The van der Waals surface area contributed by atoms with E-state index in [-0.39, 0.29) is 11.8 Å². The first kappa shape index (κ1) is 17.0. The summed E-state index contributed by atoms with van der Waals surface area (Å²) in [6.45, 7) is 1.48. The van der Waals surface area contributed by atoms with Gasteiger partial charge in [-0.15, -0.1) is 0 Å². The molecule has 0 bridgehead atoms. The number of imidazole rings is 1. The van der Waals surface area contributed by atoms with Crippen LogP contribution in [0.2, 0.25) is 0 Å². The third-order valence-electron chi connectivity index (χ3n) is 4.65. The van der Waals surface area contributed by atoms with Gasteiger partial charge in [0.2, 0.25) is 5.91 Å². The van der Waals surface area contributed by atoms with Gasteiger partial charge in [-0.1, -0.05) is 12.1 Å². The molecule has 1 aliphatic heterocycles. The number of amides is 2. The third kappa shape index (κ3) is 3.89. The Labute approximate surface area is 157 Å². The number of hydrogen-bond acceptors (Lipinski definition) is 3. The normalized spacial score (nSPS) is 13.8. The van der Waals surface area contributed by atoms with Gasteiger partial charge in [-0.25, -0.2) is 4.98 Å². The van der Waals surface area contributed by atoms with Gasteiger partial charge in [0.25, 0.3) is 5.91 Å². The highest BCUT2D eigenvalue weighted by Gasteiger charge is 2.21. The highest BCUT2D eigenvalue weighted by atomic mass is 16.2. The molecule has 0 atom stereocenters. The Kier molecular flexibility index (Phi) is 4.70. The first-order chi connectivity index (χ1) is 13.2. The molecule has 136 valence electrons. The van der Waals surface area contributed by atoms with E-state index >= 15 is 0 Å². The number of rotatable bonds is 5. The van der Waals surface area contributed by atoms with Crippen molar-refractivity contribution < 1.29 is 9.59 Å². The Morgan fingerprint density at radius 1 is 1.07 bits per heavy atom. The molecule has 6 nitrogen and oxygen atoms in total. The SMILES string of the molecule is O=C(Nc1ccc(N2CCCC2=O)cc1)c1ccc(Cn2ccnc2)cc1. The minimum absolute atomic E-state index is 0.155. The minimum atomic E-state index is -0.158. The molecule has 27 heavy (non-hydrogen) atoms. The number of anilines is 2. The fourth-order valence-corrected chi connectivity index (χ4v) is 3.20. The Balaban J connectivity index is 1.39. The van der Waals surface area contributed by atoms with Gasteiger partial charge in [0.15, 0.2) is 0 Å². The third-order valence-corrected chi connectivity index (χ3v) is 4.65.